The zero-order chi connectivity index (χ0) is 22.9. The molecule has 0 aliphatic carbocycles. The first kappa shape index (κ1) is 23.1. The summed E-state index contributed by atoms with van der Waals surface area (Å²) in [5.74, 6) is -0.190. The largest absolute Gasteiger partial charge is 0.493 e. The Morgan fingerprint density at radius 1 is 1.03 bits per heavy atom. The van der Waals surface area contributed by atoms with Crippen LogP contribution in [-0.4, -0.2) is 31.7 Å². The van der Waals surface area contributed by atoms with Crippen LogP contribution in [0.3, 0.4) is 0 Å². The Morgan fingerprint density at radius 3 is 2.44 bits per heavy atom. The Labute approximate surface area is 194 Å². The SMILES string of the molecule is COc1cc(/C=N/NC(=O)c2ccccc2)cc(Cl)c1OCC(=O)Nc1ccc(Cl)cc1. The summed E-state index contributed by atoms with van der Waals surface area (Å²) in [6.07, 6.45) is 1.42. The standard InChI is InChI=1S/C23H19Cl2N3O4/c1-31-20-12-15(13-26-28-23(30)16-5-3-2-4-6-16)11-19(25)22(20)32-14-21(29)27-18-9-7-17(24)8-10-18/h2-13H,14H2,1H3,(H,27,29)(H,28,30)/b26-13+. The van der Waals surface area contributed by atoms with Crippen LogP contribution in [0.25, 0.3) is 0 Å². The van der Waals surface area contributed by atoms with E-state index in [1.165, 1.54) is 13.3 Å². The van der Waals surface area contributed by atoms with Crippen LogP contribution < -0.4 is 20.2 Å². The third kappa shape index (κ3) is 6.47. The Bertz CT molecular complexity index is 1120. The number of amides is 2. The maximum absolute atomic E-state index is 12.2. The van der Waals surface area contributed by atoms with Gasteiger partial charge in [0.15, 0.2) is 18.1 Å². The second-order valence-corrected chi connectivity index (χ2v) is 7.29. The van der Waals surface area contributed by atoms with Crippen molar-refractivity contribution >= 4 is 46.9 Å². The molecule has 2 amide bonds. The van der Waals surface area contributed by atoms with Gasteiger partial charge in [-0.1, -0.05) is 41.4 Å². The van der Waals surface area contributed by atoms with Gasteiger partial charge in [-0.25, -0.2) is 5.43 Å². The zero-order valence-corrected chi connectivity index (χ0v) is 18.5. The van der Waals surface area contributed by atoms with Gasteiger partial charge in [0, 0.05) is 16.3 Å². The second kappa shape index (κ2) is 11.2. The van der Waals surface area contributed by atoms with E-state index in [4.69, 9.17) is 32.7 Å². The Hall–Kier alpha value is -3.55. The monoisotopic (exact) mass is 471 g/mol. The molecule has 3 aromatic rings. The van der Waals surface area contributed by atoms with Gasteiger partial charge in [-0.2, -0.15) is 5.10 Å². The quantitative estimate of drug-likeness (QED) is 0.365. The van der Waals surface area contributed by atoms with Crippen molar-refractivity contribution in [1.29, 1.82) is 0 Å². The van der Waals surface area contributed by atoms with Crippen LogP contribution in [0.15, 0.2) is 71.8 Å². The molecule has 0 bridgehead atoms. The van der Waals surface area contributed by atoms with E-state index >= 15 is 0 Å². The van der Waals surface area contributed by atoms with Gasteiger partial charge >= 0.3 is 0 Å². The van der Waals surface area contributed by atoms with E-state index in [1.54, 1.807) is 60.7 Å². The molecule has 2 N–H and O–H groups in total. The number of carbonyl (C=O) groups is 2. The van der Waals surface area contributed by atoms with E-state index in [2.05, 4.69) is 15.8 Å². The van der Waals surface area contributed by atoms with E-state index in [9.17, 15) is 9.59 Å². The number of rotatable bonds is 8. The predicted octanol–water partition coefficient (Wildman–Crippen LogP) is 4.78. The summed E-state index contributed by atoms with van der Waals surface area (Å²) in [5, 5.41) is 7.42. The maximum Gasteiger partial charge on any atom is 0.271 e. The van der Waals surface area contributed by atoms with E-state index in [0.717, 1.165) is 0 Å². The number of carbonyl (C=O) groups excluding carboxylic acids is 2. The molecule has 7 nitrogen and oxygen atoms in total. The molecule has 3 aromatic carbocycles. The molecule has 0 aromatic heterocycles. The van der Waals surface area contributed by atoms with Crippen LogP contribution >= 0.6 is 23.2 Å². The lowest BCUT2D eigenvalue weighted by molar-refractivity contribution is -0.118. The van der Waals surface area contributed by atoms with Crippen LogP contribution in [0.2, 0.25) is 10.0 Å². The Kier molecular flexibility index (Phi) is 8.08. The number of methoxy groups -OCH3 is 1. The van der Waals surface area contributed by atoms with Gasteiger partial charge in [0.25, 0.3) is 11.8 Å². The summed E-state index contributed by atoms with van der Waals surface area (Å²) in [5.41, 5.74) is 4.08. The van der Waals surface area contributed by atoms with Crippen molar-refractivity contribution in [2.24, 2.45) is 5.10 Å². The molecule has 0 heterocycles. The molecule has 0 atom stereocenters. The minimum absolute atomic E-state index is 0.214. The zero-order valence-electron chi connectivity index (χ0n) is 17.0. The van der Waals surface area contributed by atoms with Crippen molar-refractivity contribution in [1.82, 2.24) is 5.43 Å². The smallest absolute Gasteiger partial charge is 0.271 e. The van der Waals surface area contributed by atoms with Crippen molar-refractivity contribution in [3.8, 4) is 11.5 Å². The normalized spacial score (nSPS) is 10.6. The fourth-order valence-electron chi connectivity index (χ4n) is 2.64. The van der Waals surface area contributed by atoms with Gasteiger partial charge in [-0.15, -0.1) is 0 Å². The van der Waals surface area contributed by atoms with Crippen molar-refractivity contribution in [2.45, 2.75) is 0 Å². The first-order valence-corrected chi connectivity index (χ1v) is 10.2. The number of benzene rings is 3. The van der Waals surface area contributed by atoms with Gasteiger partial charge in [-0.3, -0.25) is 9.59 Å². The first-order valence-electron chi connectivity index (χ1n) is 9.40. The molecule has 0 fully saturated rings. The number of ether oxygens (including phenoxy) is 2. The van der Waals surface area contributed by atoms with Crippen molar-refractivity contribution in [2.75, 3.05) is 19.0 Å². The van der Waals surface area contributed by atoms with Crippen LogP contribution in [0.1, 0.15) is 15.9 Å². The van der Waals surface area contributed by atoms with Crippen LogP contribution in [0.4, 0.5) is 5.69 Å². The minimum Gasteiger partial charge on any atom is -0.493 e. The van der Waals surface area contributed by atoms with Crippen LogP contribution in [0.5, 0.6) is 11.5 Å². The highest BCUT2D eigenvalue weighted by Gasteiger charge is 2.14. The molecular weight excluding hydrogens is 453 g/mol. The van der Waals surface area contributed by atoms with Gasteiger partial charge in [0.1, 0.15) is 0 Å². The lowest BCUT2D eigenvalue weighted by atomic mass is 10.2. The summed E-state index contributed by atoms with van der Waals surface area (Å²) in [6, 6.07) is 18.6. The summed E-state index contributed by atoms with van der Waals surface area (Å²) in [7, 11) is 1.45. The second-order valence-electron chi connectivity index (χ2n) is 6.44. The van der Waals surface area contributed by atoms with E-state index < -0.39 is 0 Å². The minimum atomic E-state index is -0.375. The number of hydrogen-bond acceptors (Lipinski definition) is 5. The Morgan fingerprint density at radius 2 is 1.75 bits per heavy atom. The molecule has 0 aliphatic rings. The van der Waals surface area contributed by atoms with Crippen molar-refractivity contribution in [3.63, 3.8) is 0 Å². The molecule has 164 valence electrons. The predicted molar refractivity (Wildman–Crippen MR) is 125 cm³/mol. The molecule has 3 rings (SSSR count). The third-order valence-corrected chi connectivity index (χ3v) is 4.68. The number of hydrogen-bond donors (Lipinski definition) is 2. The topological polar surface area (TPSA) is 89.0 Å². The highest BCUT2D eigenvalue weighted by molar-refractivity contribution is 6.32. The van der Waals surface area contributed by atoms with Crippen LogP contribution in [0, 0.1) is 0 Å². The van der Waals surface area contributed by atoms with Crippen molar-refractivity contribution < 1.29 is 19.1 Å². The molecule has 0 saturated carbocycles. The van der Waals surface area contributed by atoms with E-state index in [-0.39, 0.29) is 29.2 Å². The number of nitrogens with zero attached hydrogens (tertiary/aromatic N) is 1. The molecule has 9 heteroatoms. The first-order chi connectivity index (χ1) is 15.5. The highest BCUT2D eigenvalue weighted by Crippen LogP contribution is 2.36. The fraction of sp³-hybridized carbons (Fsp3) is 0.0870. The molecule has 0 saturated heterocycles. The fourth-order valence-corrected chi connectivity index (χ4v) is 3.04. The third-order valence-electron chi connectivity index (χ3n) is 4.14. The van der Waals surface area contributed by atoms with Crippen LogP contribution in [-0.2, 0) is 4.79 Å². The average molecular weight is 472 g/mol. The number of hydrazone groups is 1. The summed E-state index contributed by atoms with van der Waals surface area (Å²) < 4.78 is 10.9. The summed E-state index contributed by atoms with van der Waals surface area (Å²) in [4.78, 5) is 24.2. The van der Waals surface area contributed by atoms with Gasteiger partial charge < -0.3 is 14.8 Å². The summed E-state index contributed by atoms with van der Waals surface area (Å²) >= 11 is 12.1. The molecule has 0 aliphatic heterocycles. The lowest BCUT2D eigenvalue weighted by Gasteiger charge is -2.13. The molecule has 0 radical (unpaired) electrons. The molecule has 0 spiro atoms. The molecule has 32 heavy (non-hydrogen) atoms. The van der Waals surface area contributed by atoms with Gasteiger partial charge in [0.05, 0.1) is 18.3 Å². The maximum atomic E-state index is 12.2. The summed E-state index contributed by atoms with van der Waals surface area (Å²) in [6.45, 7) is -0.278. The molecule has 0 unspecified atom stereocenters. The number of nitrogens with one attached hydrogen (secondary N) is 2. The lowest BCUT2D eigenvalue weighted by Crippen LogP contribution is -2.20. The van der Waals surface area contributed by atoms with E-state index in [0.29, 0.717) is 27.6 Å². The Balaban J connectivity index is 1.62. The molecular formula is C23H19Cl2N3O4. The van der Waals surface area contributed by atoms with E-state index in [1.807, 2.05) is 6.07 Å². The van der Waals surface area contributed by atoms with Gasteiger partial charge in [-0.05, 0) is 54.1 Å². The highest BCUT2D eigenvalue weighted by atomic mass is 35.5. The number of halogens is 2. The number of anilines is 1. The average Bonchev–Trinajstić information content (AvgIpc) is 2.80. The van der Waals surface area contributed by atoms with Crippen molar-refractivity contribution in [3.05, 3.63) is 87.9 Å². The van der Waals surface area contributed by atoms with Gasteiger partial charge in [0.2, 0.25) is 0 Å².